The number of hydrogen-bond acceptors (Lipinski definition) is 4. The Morgan fingerprint density at radius 1 is 1.16 bits per heavy atom. The molecule has 1 aliphatic rings. The standard InChI is InChI=1S/C12H20F3NO2S/c13-12(14,15)19-16-8-9-18-11(17)10-6-4-2-1-3-5-7-10/h10,16H,1-9H2. The Hall–Kier alpha value is -0.430. The lowest BCUT2D eigenvalue weighted by molar-refractivity contribution is -0.149. The fourth-order valence-corrected chi connectivity index (χ4v) is 2.48. The van der Waals surface area contributed by atoms with Crippen LogP contribution < -0.4 is 4.72 Å². The average Bonchev–Trinajstić information content (AvgIpc) is 2.26. The first kappa shape index (κ1) is 16.6. The second-order valence-corrected chi connectivity index (χ2v) is 5.61. The lowest BCUT2D eigenvalue weighted by Gasteiger charge is -2.18. The van der Waals surface area contributed by atoms with E-state index in [-0.39, 0.29) is 37.0 Å². The van der Waals surface area contributed by atoms with Crippen molar-refractivity contribution in [3.05, 3.63) is 0 Å². The number of alkyl halides is 3. The van der Waals surface area contributed by atoms with Crippen LogP contribution in [-0.4, -0.2) is 24.6 Å². The largest absolute Gasteiger partial charge is 0.464 e. The first-order valence-corrected chi connectivity index (χ1v) is 7.45. The van der Waals surface area contributed by atoms with Crippen molar-refractivity contribution in [1.82, 2.24) is 4.72 Å². The molecule has 0 atom stereocenters. The number of carbonyl (C=O) groups is 1. The van der Waals surface area contributed by atoms with Crippen molar-refractivity contribution in [2.24, 2.45) is 5.92 Å². The fourth-order valence-electron chi connectivity index (χ4n) is 2.14. The van der Waals surface area contributed by atoms with Gasteiger partial charge in [-0.05, 0) is 12.8 Å². The molecule has 0 saturated heterocycles. The van der Waals surface area contributed by atoms with Gasteiger partial charge in [0.15, 0.2) is 0 Å². The van der Waals surface area contributed by atoms with E-state index in [1.807, 2.05) is 0 Å². The van der Waals surface area contributed by atoms with Crippen molar-refractivity contribution in [3.63, 3.8) is 0 Å². The predicted octanol–water partition coefficient (Wildman–Crippen LogP) is 3.65. The summed E-state index contributed by atoms with van der Waals surface area (Å²) in [7, 11) is 0. The van der Waals surface area contributed by atoms with E-state index in [0.717, 1.165) is 38.5 Å². The predicted molar refractivity (Wildman–Crippen MR) is 68.4 cm³/mol. The summed E-state index contributed by atoms with van der Waals surface area (Å²) in [6.07, 6.45) is 7.25. The van der Waals surface area contributed by atoms with Crippen LogP contribution >= 0.6 is 11.9 Å². The zero-order valence-corrected chi connectivity index (χ0v) is 11.6. The van der Waals surface area contributed by atoms with Gasteiger partial charge in [0.25, 0.3) is 0 Å². The molecule has 0 unspecified atom stereocenters. The highest BCUT2D eigenvalue weighted by Gasteiger charge is 2.28. The highest BCUT2D eigenvalue weighted by molar-refractivity contribution is 7.98. The average molecular weight is 299 g/mol. The van der Waals surface area contributed by atoms with Crippen LogP contribution in [0.2, 0.25) is 0 Å². The van der Waals surface area contributed by atoms with Crippen molar-refractivity contribution in [1.29, 1.82) is 0 Å². The van der Waals surface area contributed by atoms with E-state index in [1.165, 1.54) is 6.42 Å². The SMILES string of the molecule is O=C(OCCNSC(F)(F)F)C1CCCCCCC1. The Morgan fingerprint density at radius 3 is 2.32 bits per heavy atom. The Balaban J connectivity index is 2.12. The van der Waals surface area contributed by atoms with E-state index in [4.69, 9.17) is 4.74 Å². The van der Waals surface area contributed by atoms with E-state index in [2.05, 4.69) is 4.72 Å². The zero-order valence-electron chi connectivity index (χ0n) is 10.8. The van der Waals surface area contributed by atoms with Gasteiger partial charge in [-0.25, -0.2) is 0 Å². The second-order valence-electron chi connectivity index (χ2n) is 4.65. The quantitative estimate of drug-likeness (QED) is 0.478. The van der Waals surface area contributed by atoms with E-state index in [0.29, 0.717) is 0 Å². The summed E-state index contributed by atoms with van der Waals surface area (Å²) in [6, 6.07) is 0. The molecule has 3 nitrogen and oxygen atoms in total. The van der Waals surface area contributed by atoms with Crippen LogP contribution in [0.15, 0.2) is 0 Å². The Bertz CT molecular complexity index is 266. The minimum absolute atomic E-state index is 0.00262. The maximum absolute atomic E-state index is 11.8. The smallest absolute Gasteiger partial charge is 0.456 e. The maximum Gasteiger partial charge on any atom is 0.456 e. The first-order chi connectivity index (χ1) is 8.99. The summed E-state index contributed by atoms with van der Waals surface area (Å²) in [5.74, 6) is -0.337. The molecule has 0 aromatic carbocycles. The third-order valence-corrected chi connectivity index (χ3v) is 3.65. The monoisotopic (exact) mass is 299 g/mol. The van der Waals surface area contributed by atoms with Gasteiger partial charge in [-0.1, -0.05) is 32.1 Å². The Morgan fingerprint density at radius 2 is 1.74 bits per heavy atom. The van der Waals surface area contributed by atoms with Crippen molar-refractivity contribution in [2.45, 2.75) is 50.5 Å². The molecule has 0 radical (unpaired) electrons. The minimum Gasteiger partial charge on any atom is -0.464 e. The second kappa shape index (κ2) is 8.68. The number of carbonyl (C=O) groups excluding carboxylic acids is 1. The molecule has 1 rings (SSSR count). The topological polar surface area (TPSA) is 38.3 Å². The fraction of sp³-hybridized carbons (Fsp3) is 0.917. The lowest BCUT2D eigenvalue weighted by Crippen LogP contribution is -2.24. The molecule has 0 aromatic rings. The van der Waals surface area contributed by atoms with Gasteiger partial charge < -0.3 is 4.74 Å². The van der Waals surface area contributed by atoms with Crippen molar-refractivity contribution in [3.8, 4) is 0 Å². The van der Waals surface area contributed by atoms with Crippen LogP contribution in [0.4, 0.5) is 13.2 Å². The van der Waals surface area contributed by atoms with E-state index in [9.17, 15) is 18.0 Å². The molecule has 7 heteroatoms. The zero-order chi connectivity index (χ0) is 14.1. The van der Waals surface area contributed by atoms with Crippen LogP contribution in [0, 0.1) is 5.92 Å². The van der Waals surface area contributed by atoms with Gasteiger partial charge in [-0.15, -0.1) is 0 Å². The molecule has 0 aromatic heterocycles. The highest BCUT2D eigenvalue weighted by atomic mass is 32.2. The molecule has 0 bridgehead atoms. The van der Waals surface area contributed by atoms with Gasteiger partial charge >= 0.3 is 11.5 Å². The minimum atomic E-state index is -4.30. The highest BCUT2D eigenvalue weighted by Crippen LogP contribution is 2.27. The van der Waals surface area contributed by atoms with Crippen molar-refractivity contribution in [2.75, 3.05) is 13.2 Å². The van der Waals surface area contributed by atoms with E-state index >= 15 is 0 Å². The van der Waals surface area contributed by atoms with E-state index < -0.39 is 5.51 Å². The van der Waals surface area contributed by atoms with Gasteiger partial charge in [0.1, 0.15) is 6.61 Å². The number of hydrogen-bond donors (Lipinski definition) is 1. The molecule has 1 N–H and O–H groups in total. The van der Waals surface area contributed by atoms with Crippen LogP contribution in [0.3, 0.4) is 0 Å². The van der Waals surface area contributed by atoms with Gasteiger partial charge in [-0.2, -0.15) is 13.2 Å². The van der Waals surface area contributed by atoms with Crippen LogP contribution in [0.1, 0.15) is 44.9 Å². The third kappa shape index (κ3) is 8.36. The molecule has 1 aliphatic carbocycles. The van der Waals surface area contributed by atoms with Crippen molar-refractivity contribution < 1.29 is 22.7 Å². The number of esters is 1. The Labute approximate surface area is 115 Å². The van der Waals surface area contributed by atoms with Crippen LogP contribution in [-0.2, 0) is 9.53 Å². The summed E-state index contributed by atoms with van der Waals surface area (Å²) in [5, 5.41) is 0. The molecule has 1 saturated carbocycles. The van der Waals surface area contributed by atoms with Gasteiger partial charge in [0, 0.05) is 18.5 Å². The van der Waals surface area contributed by atoms with Gasteiger partial charge in [-0.3, -0.25) is 9.52 Å². The van der Waals surface area contributed by atoms with Crippen molar-refractivity contribution >= 4 is 17.9 Å². The van der Waals surface area contributed by atoms with Crippen LogP contribution in [0.5, 0.6) is 0 Å². The number of halogens is 3. The molecule has 0 aliphatic heterocycles. The van der Waals surface area contributed by atoms with Crippen LogP contribution in [0.25, 0.3) is 0 Å². The lowest BCUT2D eigenvalue weighted by atomic mass is 9.91. The first-order valence-electron chi connectivity index (χ1n) is 6.63. The summed E-state index contributed by atoms with van der Waals surface area (Å²) >= 11 is -0.314. The third-order valence-electron chi connectivity index (χ3n) is 3.07. The summed E-state index contributed by atoms with van der Waals surface area (Å²) < 4.78 is 42.6. The maximum atomic E-state index is 11.8. The Kier molecular flexibility index (Phi) is 7.60. The molecule has 112 valence electrons. The normalized spacial score (nSPS) is 18.7. The molecule has 0 amide bonds. The van der Waals surface area contributed by atoms with Gasteiger partial charge in [0.2, 0.25) is 0 Å². The molecular weight excluding hydrogens is 279 g/mol. The number of nitrogens with one attached hydrogen (secondary N) is 1. The molecule has 0 spiro atoms. The molecule has 19 heavy (non-hydrogen) atoms. The molecule has 1 fully saturated rings. The summed E-state index contributed by atoms with van der Waals surface area (Å²) in [6.45, 7) is -0.0128. The van der Waals surface area contributed by atoms with Gasteiger partial charge in [0.05, 0.1) is 5.92 Å². The number of rotatable bonds is 5. The van der Waals surface area contributed by atoms with E-state index in [1.54, 1.807) is 0 Å². The molecule has 0 heterocycles. The summed E-state index contributed by atoms with van der Waals surface area (Å²) in [4.78, 5) is 11.7. The number of ether oxygens (including phenoxy) is 1. The summed E-state index contributed by atoms with van der Waals surface area (Å²) in [5.41, 5.74) is -4.30. The molecular formula is C12H20F3NO2S.